The van der Waals surface area contributed by atoms with Crippen molar-refractivity contribution in [2.45, 2.75) is 6.92 Å². The Bertz CT molecular complexity index is 445. The molecule has 2 aromatic rings. The van der Waals surface area contributed by atoms with E-state index in [4.69, 9.17) is 4.74 Å². The summed E-state index contributed by atoms with van der Waals surface area (Å²) in [6.07, 6.45) is 0. The molecule has 0 bridgehead atoms. The van der Waals surface area contributed by atoms with Gasteiger partial charge in [0, 0.05) is 10.1 Å². The smallest absolute Gasteiger partial charge is 0.166 e. The van der Waals surface area contributed by atoms with Crippen molar-refractivity contribution in [3.05, 3.63) is 23.1 Å². The molecule has 0 aliphatic rings. The van der Waals surface area contributed by atoms with Crippen LogP contribution in [0, 0.1) is 6.92 Å². The molecule has 0 aliphatic carbocycles. The zero-order valence-electron chi connectivity index (χ0n) is 7.50. The standard InChI is InChI=1S/C10H10O2S/c1-6-5-8-7(3-4-13-8)9(11)10(6)12-2/h3-5,11H,1-2H3. The van der Waals surface area contributed by atoms with Crippen LogP contribution in [0.3, 0.4) is 0 Å². The Kier molecular flexibility index (Phi) is 1.88. The fourth-order valence-corrected chi connectivity index (χ4v) is 2.34. The first-order valence-corrected chi connectivity index (χ1v) is 4.85. The molecular formula is C10H10O2S. The SMILES string of the molecule is COc1c(C)cc2sccc2c1O. The lowest BCUT2D eigenvalue weighted by atomic mass is 10.1. The van der Waals surface area contributed by atoms with Crippen molar-refractivity contribution in [1.82, 2.24) is 0 Å². The van der Waals surface area contributed by atoms with Crippen LogP contribution in [0.2, 0.25) is 0 Å². The Morgan fingerprint density at radius 3 is 2.92 bits per heavy atom. The Morgan fingerprint density at radius 1 is 1.46 bits per heavy atom. The molecule has 0 radical (unpaired) electrons. The molecule has 0 atom stereocenters. The summed E-state index contributed by atoms with van der Waals surface area (Å²) in [5.74, 6) is 0.824. The van der Waals surface area contributed by atoms with Gasteiger partial charge in [0.2, 0.25) is 0 Å². The zero-order valence-corrected chi connectivity index (χ0v) is 8.31. The van der Waals surface area contributed by atoms with Gasteiger partial charge in [-0.15, -0.1) is 11.3 Å². The van der Waals surface area contributed by atoms with E-state index in [1.165, 1.54) is 0 Å². The number of aromatic hydroxyl groups is 1. The molecule has 0 amide bonds. The van der Waals surface area contributed by atoms with Crippen molar-refractivity contribution in [2.24, 2.45) is 0 Å². The summed E-state index contributed by atoms with van der Waals surface area (Å²) < 4.78 is 6.20. The molecule has 3 heteroatoms. The second-order valence-electron chi connectivity index (χ2n) is 2.91. The molecule has 1 heterocycles. The molecule has 0 aliphatic heterocycles. The van der Waals surface area contributed by atoms with Crippen LogP contribution in [0.4, 0.5) is 0 Å². The maximum atomic E-state index is 9.80. The van der Waals surface area contributed by atoms with Gasteiger partial charge in [0.15, 0.2) is 11.5 Å². The van der Waals surface area contributed by atoms with Gasteiger partial charge in [0.05, 0.1) is 7.11 Å². The molecule has 1 aromatic carbocycles. The van der Waals surface area contributed by atoms with Crippen molar-refractivity contribution >= 4 is 21.4 Å². The monoisotopic (exact) mass is 194 g/mol. The molecule has 1 N–H and O–H groups in total. The van der Waals surface area contributed by atoms with Crippen molar-refractivity contribution < 1.29 is 9.84 Å². The Hall–Kier alpha value is -1.22. The van der Waals surface area contributed by atoms with Gasteiger partial charge in [-0.1, -0.05) is 0 Å². The van der Waals surface area contributed by atoms with Crippen LogP contribution in [0.25, 0.3) is 10.1 Å². The van der Waals surface area contributed by atoms with Gasteiger partial charge in [-0.25, -0.2) is 0 Å². The van der Waals surface area contributed by atoms with E-state index in [2.05, 4.69) is 0 Å². The highest BCUT2D eigenvalue weighted by atomic mass is 32.1. The van der Waals surface area contributed by atoms with Crippen LogP contribution in [-0.2, 0) is 0 Å². The van der Waals surface area contributed by atoms with E-state index in [9.17, 15) is 5.11 Å². The van der Waals surface area contributed by atoms with Crippen molar-refractivity contribution in [3.63, 3.8) is 0 Å². The highest BCUT2D eigenvalue weighted by molar-refractivity contribution is 7.17. The lowest BCUT2D eigenvalue weighted by molar-refractivity contribution is 0.374. The van der Waals surface area contributed by atoms with Gasteiger partial charge in [-0.3, -0.25) is 0 Å². The number of phenols is 1. The summed E-state index contributed by atoms with van der Waals surface area (Å²) in [7, 11) is 1.57. The summed E-state index contributed by atoms with van der Waals surface area (Å²) in [6.45, 7) is 1.93. The summed E-state index contributed by atoms with van der Waals surface area (Å²) >= 11 is 1.62. The first-order chi connectivity index (χ1) is 6.24. The molecule has 13 heavy (non-hydrogen) atoms. The second kappa shape index (κ2) is 2.92. The summed E-state index contributed by atoms with van der Waals surface area (Å²) in [5.41, 5.74) is 0.968. The van der Waals surface area contributed by atoms with Crippen LogP contribution in [0.15, 0.2) is 17.5 Å². The molecule has 2 rings (SSSR count). The van der Waals surface area contributed by atoms with Gasteiger partial charge in [-0.2, -0.15) is 0 Å². The number of hydrogen-bond acceptors (Lipinski definition) is 3. The number of phenolic OH excluding ortho intramolecular Hbond substituents is 1. The third-order valence-electron chi connectivity index (χ3n) is 2.08. The number of benzene rings is 1. The average Bonchev–Trinajstić information content (AvgIpc) is 2.53. The van der Waals surface area contributed by atoms with Gasteiger partial charge in [-0.05, 0) is 30.0 Å². The molecule has 1 aromatic heterocycles. The summed E-state index contributed by atoms with van der Waals surface area (Å²) in [5, 5.41) is 12.6. The normalized spacial score (nSPS) is 10.6. The molecule has 68 valence electrons. The Labute approximate surface area is 80.4 Å². The molecule has 0 spiro atoms. The first kappa shape index (κ1) is 8.38. The predicted molar refractivity (Wildman–Crippen MR) is 54.8 cm³/mol. The lowest BCUT2D eigenvalue weighted by Crippen LogP contribution is -1.87. The van der Waals surface area contributed by atoms with E-state index in [-0.39, 0.29) is 5.75 Å². The number of rotatable bonds is 1. The van der Waals surface area contributed by atoms with Crippen molar-refractivity contribution in [1.29, 1.82) is 0 Å². The highest BCUT2D eigenvalue weighted by Crippen LogP contribution is 2.39. The summed E-state index contributed by atoms with van der Waals surface area (Å²) in [4.78, 5) is 0. The van der Waals surface area contributed by atoms with Gasteiger partial charge in [0.1, 0.15) is 0 Å². The number of thiophene rings is 1. The largest absolute Gasteiger partial charge is 0.504 e. The molecule has 0 fully saturated rings. The molecule has 0 saturated carbocycles. The van der Waals surface area contributed by atoms with E-state index in [0.717, 1.165) is 15.6 Å². The van der Waals surface area contributed by atoms with E-state index >= 15 is 0 Å². The zero-order chi connectivity index (χ0) is 9.42. The highest BCUT2D eigenvalue weighted by Gasteiger charge is 2.10. The molecule has 0 saturated heterocycles. The van der Waals surface area contributed by atoms with E-state index in [0.29, 0.717) is 5.75 Å². The van der Waals surface area contributed by atoms with E-state index < -0.39 is 0 Å². The number of hydrogen-bond donors (Lipinski definition) is 1. The minimum atomic E-state index is 0.249. The number of fused-ring (bicyclic) bond motifs is 1. The van der Waals surface area contributed by atoms with Crippen LogP contribution in [0.5, 0.6) is 11.5 Å². The van der Waals surface area contributed by atoms with Crippen LogP contribution >= 0.6 is 11.3 Å². The van der Waals surface area contributed by atoms with Gasteiger partial charge in [0.25, 0.3) is 0 Å². The Balaban J connectivity index is 2.85. The van der Waals surface area contributed by atoms with Gasteiger partial charge >= 0.3 is 0 Å². The third kappa shape index (κ3) is 1.16. The molecule has 0 unspecified atom stereocenters. The van der Waals surface area contributed by atoms with Gasteiger partial charge < -0.3 is 9.84 Å². The third-order valence-corrected chi connectivity index (χ3v) is 2.94. The fourth-order valence-electron chi connectivity index (χ4n) is 1.46. The molecular weight excluding hydrogens is 184 g/mol. The maximum absolute atomic E-state index is 9.80. The predicted octanol–water partition coefficient (Wildman–Crippen LogP) is 2.92. The van der Waals surface area contributed by atoms with Crippen molar-refractivity contribution in [2.75, 3.05) is 7.11 Å². The Morgan fingerprint density at radius 2 is 2.23 bits per heavy atom. The minimum absolute atomic E-state index is 0.249. The number of ether oxygens (including phenoxy) is 1. The van der Waals surface area contributed by atoms with Crippen molar-refractivity contribution in [3.8, 4) is 11.5 Å². The second-order valence-corrected chi connectivity index (χ2v) is 3.86. The number of aryl methyl sites for hydroxylation is 1. The summed E-state index contributed by atoms with van der Waals surface area (Å²) in [6, 6.07) is 3.93. The van der Waals surface area contributed by atoms with E-state index in [1.807, 2.05) is 24.4 Å². The topological polar surface area (TPSA) is 29.5 Å². The average molecular weight is 194 g/mol. The maximum Gasteiger partial charge on any atom is 0.166 e. The first-order valence-electron chi connectivity index (χ1n) is 3.98. The minimum Gasteiger partial charge on any atom is -0.504 e. The van der Waals surface area contributed by atoms with Crippen LogP contribution < -0.4 is 4.74 Å². The lowest BCUT2D eigenvalue weighted by Gasteiger charge is -2.07. The van der Waals surface area contributed by atoms with E-state index in [1.54, 1.807) is 18.4 Å². The fraction of sp³-hybridized carbons (Fsp3) is 0.200. The molecule has 2 nitrogen and oxygen atoms in total. The van der Waals surface area contributed by atoms with Crippen LogP contribution in [-0.4, -0.2) is 12.2 Å². The van der Waals surface area contributed by atoms with Crippen LogP contribution in [0.1, 0.15) is 5.56 Å². The quantitative estimate of drug-likeness (QED) is 0.756. The number of methoxy groups -OCH3 is 1.